The highest BCUT2D eigenvalue weighted by atomic mass is 32.2. The van der Waals surface area contributed by atoms with Gasteiger partial charge in [0.2, 0.25) is 0 Å². The van der Waals surface area contributed by atoms with Crippen molar-refractivity contribution >= 4 is 21.2 Å². The molecule has 4 nitrogen and oxygen atoms in total. The molecule has 20 heavy (non-hydrogen) atoms. The predicted molar refractivity (Wildman–Crippen MR) is 80.3 cm³/mol. The highest BCUT2D eigenvalue weighted by Crippen LogP contribution is 2.33. The number of fused-ring (bicyclic) bond motifs is 1. The lowest BCUT2D eigenvalue weighted by Gasteiger charge is -2.20. The summed E-state index contributed by atoms with van der Waals surface area (Å²) in [6, 6.07) is 13.2. The molecular weight excluding hydrogens is 272 g/mol. The van der Waals surface area contributed by atoms with Crippen molar-refractivity contribution in [2.45, 2.75) is 18.0 Å². The summed E-state index contributed by atoms with van der Waals surface area (Å²) in [5.74, 6) is 0. The lowest BCUT2D eigenvalue weighted by Crippen LogP contribution is -2.16. The molecule has 0 unspecified atom stereocenters. The van der Waals surface area contributed by atoms with Gasteiger partial charge in [0.15, 0.2) is 9.84 Å². The van der Waals surface area contributed by atoms with E-state index in [0.717, 1.165) is 18.8 Å². The number of rotatable bonds is 2. The van der Waals surface area contributed by atoms with Crippen LogP contribution in [0.5, 0.6) is 0 Å². The van der Waals surface area contributed by atoms with Gasteiger partial charge in [-0.25, -0.2) is 8.42 Å². The third-order valence-corrected chi connectivity index (χ3v) is 4.72. The Bertz CT molecular complexity index is 744. The summed E-state index contributed by atoms with van der Waals surface area (Å²) in [5.41, 5.74) is 9.99. The van der Waals surface area contributed by atoms with Crippen LogP contribution in [0.25, 0.3) is 0 Å². The number of anilines is 2. The minimum absolute atomic E-state index is 0.260. The Kier molecular flexibility index (Phi) is 2.94. The number of sulfone groups is 1. The van der Waals surface area contributed by atoms with E-state index in [1.54, 1.807) is 12.1 Å². The zero-order chi connectivity index (χ0) is 14.3. The molecular formula is C15H16N2O2S. The molecule has 0 bridgehead atoms. The minimum Gasteiger partial charge on any atom is -0.397 e. The molecule has 2 aromatic rings. The largest absolute Gasteiger partial charge is 0.397 e. The molecule has 2 N–H and O–H groups in total. The van der Waals surface area contributed by atoms with Crippen molar-refractivity contribution < 1.29 is 8.42 Å². The molecule has 0 amide bonds. The second-order valence-electron chi connectivity index (χ2n) is 5.12. The molecule has 2 aromatic carbocycles. The maximum atomic E-state index is 11.5. The summed E-state index contributed by atoms with van der Waals surface area (Å²) < 4.78 is 23.1. The van der Waals surface area contributed by atoms with Crippen LogP contribution in [0.15, 0.2) is 47.4 Å². The number of benzene rings is 2. The highest BCUT2D eigenvalue weighted by Gasteiger charge is 2.21. The topological polar surface area (TPSA) is 63.4 Å². The molecule has 3 rings (SSSR count). The van der Waals surface area contributed by atoms with Gasteiger partial charge >= 0.3 is 0 Å². The quantitative estimate of drug-likeness (QED) is 0.860. The van der Waals surface area contributed by atoms with Crippen LogP contribution in [0.3, 0.4) is 0 Å². The van der Waals surface area contributed by atoms with E-state index in [-0.39, 0.29) is 4.90 Å². The average Bonchev–Trinajstić information content (AvgIpc) is 2.80. The second-order valence-corrected chi connectivity index (χ2v) is 7.13. The Morgan fingerprint density at radius 1 is 1.05 bits per heavy atom. The fraction of sp³-hybridized carbons (Fsp3) is 0.200. The Morgan fingerprint density at radius 2 is 1.65 bits per heavy atom. The van der Waals surface area contributed by atoms with Crippen LogP contribution in [0, 0.1) is 0 Å². The normalized spacial score (nSPS) is 14.3. The summed E-state index contributed by atoms with van der Waals surface area (Å²) in [4.78, 5) is 2.42. The minimum atomic E-state index is -3.22. The van der Waals surface area contributed by atoms with Crippen LogP contribution < -0.4 is 10.6 Å². The lowest BCUT2D eigenvalue weighted by molar-refractivity contribution is 0.602. The standard InChI is InChI=1S/C15H16N2O2S/c1-20(18,19)13-6-7-15(14(16)8-13)17-9-11-4-2-3-5-12(11)10-17/h2-8H,9-10,16H2,1H3. The van der Waals surface area contributed by atoms with Crippen molar-refractivity contribution in [3.05, 3.63) is 53.6 Å². The van der Waals surface area contributed by atoms with Crippen LogP contribution >= 0.6 is 0 Å². The first-order valence-corrected chi connectivity index (χ1v) is 8.25. The van der Waals surface area contributed by atoms with E-state index in [2.05, 4.69) is 17.0 Å². The second kappa shape index (κ2) is 4.52. The third kappa shape index (κ3) is 2.25. The van der Waals surface area contributed by atoms with Gasteiger partial charge in [-0.2, -0.15) is 0 Å². The van der Waals surface area contributed by atoms with Gasteiger partial charge in [0.05, 0.1) is 16.3 Å². The van der Waals surface area contributed by atoms with Gasteiger partial charge in [-0.3, -0.25) is 0 Å². The Morgan fingerprint density at radius 3 is 2.15 bits per heavy atom. The predicted octanol–water partition coefficient (Wildman–Crippen LogP) is 2.19. The van der Waals surface area contributed by atoms with E-state index < -0.39 is 9.84 Å². The molecule has 5 heteroatoms. The zero-order valence-electron chi connectivity index (χ0n) is 11.2. The third-order valence-electron chi connectivity index (χ3n) is 3.61. The molecule has 0 saturated carbocycles. The molecule has 0 saturated heterocycles. The molecule has 1 aliphatic heterocycles. The first-order chi connectivity index (χ1) is 9.45. The number of nitrogens with zero attached hydrogens (tertiary/aromatic N) is 1. The molecule has 104 valence electrons. The van der Waals surface area contributed by atoms with E-state index in [9.17, 15) is 8.42 Å². The van der Waals surface area contributed by atoms with E-state index in [1.165, 1.54) is 23.4 Å². The molecule has 1 aliphatic rings. The van der Waals surface area contributed by atoms with Crippen molar-refractivity contribution in [1.29, 1.82) is 0 Å². The SMILES string of the molecule is CS(=O)(=O)c1ccc(N2Cc3ccccc3C2)c(N)c1. The van der Waals surface area contributed by atoms with E-state index >= 15 is 0 Å². The molecule has 1 heterocycles. The monoisotopic (exact) mass is 288 g/mol. The molecule has 0 spiro atoms. The summed E-state index contributed by atoms with van der Waals surface area (Å²) in [6.45, 7) is 1.61. The summed E-state index contributed by atoms with van der Waals surface area (Å²) in [7, 11) is -3.22. The number of hydrogen-bond donors (Lipinski definition) is 1. The lowest BCUT2D eigenvalue weighted by atomic mass is 10.1. The summed E-state index contributed by atoms with van der Waals surface area (Å²) in [5, 5.41) is 0. The summed E-state index contributed by atoms with van der Waals surface area (Å²) in [6.07, 6.45) is 1.19. The molecule has 0 aliphatic carbocycles. The van der Waals surface area contributed by atoms with Crippen molar-refractivity contribution in [2.75, 3.05) is 16.9 Å². The number of nitrogens with two attached hydrogens (primary N) is 1. The Balaban J connectivity index is 1.94. The molecule has 0 atom stereocenters. The maximum Gasteiger partial charge on any atom is 0.175 e. The number of nitrogen functional groups attached to an aromatic ring is 1. The van der Waals surface area contributed by atoms with Gasteiger partial charge in [0, 0.05) is 19.3 Å². The van der Waals surface area contributed by atoms with Crippen LogP contribution in [0.1, 0.15) is 11.1 Å². The summed E-state index contributed by atoms with van der Waals surface area (Å²) >= 11 is 0. The fourth-order valence-corrected chi connectivity index (χ4v) is 3.21. The van der Waals surface area contributed by atoms with Crippen LogP contribution in [0.4, 0.5) is 11.4 Å². The van der Waals surface area contributed by atoms with Gasteiger partial charge in [-0.1, -0.05) is 24.3 Å². The van der Waals surface area contributed by atoms with E-state index in [0.29, 0.717) is 5.69 Å². The van der Waals surface area contributed by atoms with Crippen molar-refractivity contribution in [1.82, 2.24) is 0 Å². The van der Waals surface area contributed by atoms with Crippen molar-refractivity contribution in [3.63, 3.8) is 0 Å². The first-order valence-electron chi connectivity index (χ1n) is 6.36. The highest BCUT2D eigenvalue weighted by molar-refractivity contribution is 7.90. The van der Waals surface area contributed by atoms with E-state index in [4.69, 9.17) is 5.73 Å². The molecule has 0 fully saturated rings. The van der Waals surface area contributed by atoms with Crippen molar-refractivity contribution in [2.24, 2.45) is 0 Å². The number of hydrogen-bond acceptors (Lipinski definition) is 4. The van der Waals surface area contributed by atoms with Gasteiger partial charge in [0.25, 0.3) is 0 Å². The van der Waals surface area contributed by atoms with Crippen LogP contribution in [0.2, 0.25) is 0 Å². The molecule has 0 radical (unpaired) electrons. The smallest absolute Gasteiger partial charge is 0.175 e. The van der Waals surface area contributed by atoms with Gasteiger partial charge in [0.1, 0.15) is 0 Å². The Labute approximate surface area is 118 Å². The Hall–Kier alpha value is -2.01. The van der Waals surface area contributed by atoms with Gasteiger partial charge in [-0.15, -0.1) is 0 Å². The van der Waals surface area contributed by atoms with Crippen LogP contribution in [-0.4, -0.2) is 14.7 Å². The van der Waals surface area contributed by atoms with Gasteiger partial charge in [-0.05, 0) is 29.3 Å². The first kappa shape index (κ1) is 13.0. The van der Waals surface area contributed by atoms with Crippen molar-refractivity contribution in [3.8, 4) is 0 Å². The van der Waals surface area contributed by atoms with Crippen LogP contribution in [-0.2, 0) is 22.9 Å². The average molecular weight is 288 g/mol. The molecule has 0 aromatic heterocycles. The van der Waals surface area contributed by atoms with E-state index in [1.807, 2.05) is 12.1 Å². The fourth-order valence-electron chi connectivity index (χ4n) is 2.55. The zero-order valence-corrected chi connectivity index (χ0v) is 12.0. The van der Waals surface area contributed by atoms with Gasteiger partial charge < -0.3 is 10.6 Å². The maximum absolute atomic E-state index is 11.5.